The van der Waals surface area contributed by atoms with E-state index in [1.54, 1.807) is 0 Å². The highest BCUT2D eigenvalue weighted by Gasteiger charge is 2.39. The molecule has 0 spiro atoms. The van der Waals surface area contributed by atoms with E-state index in [9.17, 15) is 17.6 Å². The van der Waals surface area contributed by atoms with Crippen LogP contribution in [0.1, 0.15) is 12.8 Å². The molecular formula is C13H13FN4O3S2. The van der Waals surface area contributed by atoms with Crippen molar-refractivity contribution in [2.24, 2.45) is 0 Å². The third kappa shape index (κ3) is 3.23. The Balaban J connectivity index is 1.83. The normalized spacial score (nSPS) is 18.9. The van der Waals surface area contributed by atoms with E-state index in [0.717, 1.165) is 27.8 Å². The molecule has 1 unspecified atom stereocenters. The molecule has 1 aliphatic rings. The number of benzene rings is 1. The van der Waals surface area contributed by atoms with Crippen molar-refractivity contribution >= 4 is 32.4 Å². The fraction of sp³-hybridized carbons (Fsp3) is 0.308. The Morgan fingerprint density at radius 2 is 2.09 bits per heavy atom. The predicted molar refractivity (Wildman–Crippen MR) is 81.9 cm³/mol. The molecule has 2 heterocycles. The average Bonchev–Trinajstić information content (AvgIpc) is 3.19. The van der Waals surface area contributed by atoms with Gasteiger partial charge in [0.15, 0.2) is 0 Å². The maximum atomic E-state index is 13.0. The van der Waals surface area contributed by atoms with E-state index in [-0.39, 0.29) is 11.4 Å². The first-order valence-corrected chi connectivity index (χ1v) is 9.15. The summed E-state index contributed by atoms with van der Waals surface area (Å²) in [6.45, 7) is 0.244. The number of anilines is 1. The number of nitrogens with zero attached hydrogens (tertiary/aromatic N) is 3. The summed E-state index contributed by atoms with van der Waals surface area (Å²) in [6, 6.07) is 3.75. The van der Waals surface area contributed by atoms with E-state index in [4.69, 9.17) is 0 Å². The van der Waals surface area contributed by atoms with Crippen LogP contribution in [0.2, 0.25) is 0 Å². The molecule has 1 aromatic carbocycles. The molecule has 0 radical (unpaired) electrons. The van der Waals surface area contributed by atoms with Crippen LogP contribution < -0.4 is 5.32 Å². The molecule has 0 bridgehead atoms. The largest absolute Gasteiger partial charge is 0.299 e. The van der Waals surface area contributed by atoms with Crippen molar-refractivity contribution in [1.29, 1.82) is 0 Å². The quantitative estimate of drug-likeness (QED) is 0.895. The van der Waals surface area contributed by atoms with Gasteiger partial charge >= 0.3 is 0 Å². The summed E-state index contributed by atoms with van der Waals surface area (Å²) >= 11 is 1.15. The summed E-state index contributed by atoms with van der Waals surface area (Å²) in [5.74, 6) is -0.958. The van der Waals surface area contributed by atoms with E-state index in [0.29, 0.717) is 18.0 Å². The van der Waals surface area contributed by atoms with Crippen LogP contribution in [0.25, 0.3) is 0 Å². The molecule has 0 aliphatic carbocycles. The second kappa shape index (κ2) is 6.30. The van der Waals surface area contributed by atoms with Gasteiger partial charge in [-0.25, -0.2) is 12.8 Å². The molecule has 1 atom stereocenters. The number of sulfonamides is 1. The van der Waals surface area contributed by atoms with Gasteiger partial charge < -0.3 is 0 Å². The van der Waals surface area contributed by atoms with Gasteiger partial charge in [0.2, 0.25) is 21.1 Å². The van der Waals surface area contributed by atoms with Crippen LogP contribution in [0.4, 0.5) is 9.52 Å². The first-order chi connectivity index (χ1) is 11.0. The molecule has 1 aromatic heterocycles. The lowest BCUT2D eigenvalue weighted by Crippen LogP contribution is -2.43. The summed E-state index contributed by atoms with van der Waals surface area (Å²) in [6.07, 6.45) is 1.000. The zero-order valence-corrected chi connectivity index (χ0v) is 13.5. The average molecular weight is 356 g/mol. The Labute approximate surface area is 136 Å². The molecule has 1 saturated heterocycles. The molecule has 1 aliphatic heterocycles. The Morgan fingerprint density at radius 3 is 2.74 bits per heavy atom. The van der Waals surface area contributed by atoms with Gasteiger partial charge in [0, 0.05) is 6.54 Å². The van der Waals surface area contributed by atoms with Gasteiger partial charge in [0.25, 0.3) is 0 Å². The second-order valence-corrected chi connectivity index (χ2v) is 7.68. The number of carbonyl (C=O) groups excluding carboxylic acids is 1. The smallest absolute Gasteiger partial charge is 0.244 e. The Hall–Kier alpha value is -1.91. The first-order valence-electron chi connectivity index (χ1n) is 6.83. The monoisotopic (exact) mass is 356 g/mol. The molecule has 7 nitrogen and oxygen atoms in total. The molecule has 3 rings (SSSR count). The van der Waals surface area contributed by atoms with Gasteiger partial charge in [-0.1, -0.05) is 11.3 Å². The van der Waals surface area contributed by atoms with Gasteiger partial charge in [0.05, 0.1) is 4.90 Å². The lowest BCUT2D eigenvalue weighted by Gasteiger charge is -2.22. The number of amides is 1. The van der Waals surface area contributed by atoms with Gasteiger partial charge in [-0.3, -0.25) is 10.1 Å². The highest BCUT2D eigenvalue weighted by Crippen LogP contribution is 2.27. The van der Waals surface area contributed by atoms with E-state index in [1.165, 1.54) is 17.6 Å². The van der Waals surface area contributed by atoms with Gasteiger partial charge in [-0.15, -0.1) is 10.2 Å². The lowest BCUT2D eigenvalue weighted by atomic mass is 10.2. The highest BCUT2D eigenvalue weighted by atomic mass is 32.2. The number of halogens is 1. The van der Waals surface area contributed by atoms with Crippen molar-refractivity contribution in [3.05, 3.63) is 35.6 Å². The third-order valence-electron chi connectivity index (χ3n) is 3.52. The van der Waals surface area contributed by atoms with Crippen LogP contribution >= 0.6 is 11.3 Å². The first kappa shape index (κ1) is 16.0. The maximum absolute atomic E-state index is 13.0. The number of hydrogen-bond acceptors (Lipinski definition) is 6. The van der Waals surface area contributed by atoms with Crippen molar-refractivity contribution in [3.8, 4) is 0 Å². The van der Waals surface area contributed by atoms with Crippen molar-refractivity contribution in [2.45, 2.75) is 23.8 Å². The lowest BCUT2D eigenvalue weighted by molar-refractivity contribution is -0.119. The van der Waals surface area contributed by atoms with E-state index >= 15 is 0 Å². The maximum Gasteiger partial charge on any atom is 0.244 e. The fourth-order valence-corrected chi connectivity index (χ4v) is 4.55. The molecule has 1 N–H and O–H groups in total. The van der Waals surface area contributed by atoms with E-state index < -0.39 is 27.8 Å². The minimum Gasteiger partial charge on any atom is -0.299 e. The number of hydrogen-bond donors (Lipinski definition) is 1. The SMILES string of the molecule is O=C(Nc1nncs1)C1CCCN1S(=O)(=O)c1ccc(F)cc1. The Morgan fingerprint density at radius 1 is 1.35 bits per heavy atom. The Kier molecular flexibility index (Phi) is 4.37. The molecular weight excluding hydrogens is 343 g/mol. The topological polar surface area (TPSA) is 92.3 Å². The van der Waals surface area contributed by atoms with Crippen LogP contribution in [-0.2, 0) is 14.8 Å². The van der Waals surface area contributed by atoms with Gasteiger partial charge in [-0.2, -0.15) is 4.31 Å². The van der Waals surface area contributed by atoms with Crippen LogP contribution in [0.3, 0.4) is 0 Å². The van der Waals surface area contributed by atoms with Crippen LogP contribution in [0.5, 0.6) is 0 Å². The van der Waals surface area contributed by atoms with Crippen LogP contribution in [0, 0.1) is 5.82 Å². The minimum atomic E-state index is -3.86. The minimum absolute atomic E-state index is 0.0329. The van der Waals surface area contributed by atoms with Crippen molar-refractivity contribution < 1.29 is 17.6 Å². The third-order valence-corrected chi connectivity index (χ3v) is 6.05. The van der Waals surface area contributed by atoms with E-state index in [2.05, 4.69) is 15.5 Å². The van der Waals surface area contributed by atoms with Crippen molar-refractivity contribution in [1.82, 2.24) is 14.5 Å². The number of nitrogens with one attached hydrogen (secondary N) is 1. The highest BCUT2D eigenvalue weighted by molar-refractivity contribution is 7.89. The summed E-state index contributed by atoms with van der Waals surface area (Å²) in [7, 11) is -3.86. The predicted octanol–water partition coefficient (Wildman–Crippen LogP) is 1.47. The summed E-state index contributed by atoms with van der Waals surface area (Å²) in [5, 5.41) is 10.2. The molecule has 0 saturated carbocycles. The number of carbonyl (C=O) groups is 1. The summed E-state index contributed by atoms with van der Waals surface area (Å²) in [4.78, 5) is 12.3. The van der Waals surface area contributed by atoms with Crippen molar-refractivity contribution in [2.75, 3.05) is 11.9 Å². The summed E-state index contributed by atoms with van der Waals surface area (Å²) in [5.41, 5.74) is 1.47. The van der Waals surface area contributed by atoms with Crippen LogP contribution in [0.15, 0.2) is 34.7 Å². The molecule has 122 valence electrons. The van der Waals surface area contributed by atoms with E-state index in [1.807, 2.05) is 0 Å². The van der Waals surface area contributed by atoms with Crippen LogP contribution in [-0.4, -0.2) is 41.4 Å². The Bertz CT molecular complexity index is 793. The zero-order valence-electron chi connectivity index (χ0n) is 11.8. The molecule has 1 fully saturated rings. The van der Waals surface area contributed by atoms with Gasteiger partial charge in [-0.05, 0) is 37.1 Å². The van der Waals surface area contributed by atoms with Gasteiger partial charge in [0.1, 0.15) is 17.4 Å². The summed E-state index contributed by atoms with van der Waals surface area (Å²) < 4.78 is 39.5. The molecule has 1 amide bonds. The standard InChI is InChI=1S/C13H13FN4O3S2/c14-9-3-5-10(6-4-9)23(20,21)18-7-1-2-11(18)12(19)16-13-17-15-8-22-13/h3-6,8,11H,1-2,7H2,(H,16,17,19). The second-order valence-electron chi connectivity index (χ2n) is 4.96. The zero-order chi connectivity index (χ0) is 16.4. The molecule has 10 heteroatoms. The molecule has 2 aromatic rings. The molecule has 23 heavy (non-hydrogen) atoms. The number of rotatable bonds is 4. The number of aromatic nitrogens is 2. The van der Waals surface area contributed by atoms with Crippen molar-refractivity contribution in [3.63, 3.8) is 0 Å². The fourth-order valence-electron chi connectivity index (χ4n) is 2.45.